The minimum Gasteiger partial charge on any atom is -0.326 e. The lowest BCUT2D eigenvalue weighted by Gasteiger charge is -2.11. The van der Waals surface area contributed by atoms with Crippen molar-refractivity contribution in [2.45, 2.75) is 23.5 Å². The molecule has 1 atom stereocenters. The third-order valence-corrected chi connectivity index (χ3v) is 8.70. The highest BCUT2D eigenvalue weighted by atomic mass is 32.2. The highest BCUT2D eigenvalue weighted by molar-refractivity contribution is 7.96. The lowest BCUT2D eigenvalue weighted by Crippen LogP contribution is -2.22. The van der Waals surface area contributed by atoms with Crippen molar-refractivity contribution in [2.24, 2.45) is 0 Å². The lowest BCUT2D eigenvalue weighted by atomic mass is 10.2. The number of sulfone groups is 2. The van der Waals surface area contributed by atoms with Crippen LogP contribution in [0.4, 0.5) is 11.4 Å². The predicted molar refractivity (Wildman–Crippen MR) is 109 cm³/mol. The number of amides is 2. The van der Waals surface area contributed by atoms with Crippen molar-refractivity contribution in [1.82, 2.24) is 0 Å². The molecule has 2 N–H and O–H groups in total. The molecule has 1 aliphatic heterocycles. The van der Waals surface area contributed by atoms with Crippen molar-refractivity contribution in [3.05, 3.63) is 54.1 Å². The van der Waals surface area contributed by atoms with Gasteiger partial charge in [-0.3, -0.25) is 9.59 Å². The molecule has 29 heavy (non-hydrogen) atoms. The number of carbonyl (C=O) groups is 2. The van der Waals surface area contributed by atoms with Crippen LogP contribution >= 0.6 is 0 Å². The van der Waals surface area contributed by atoms with Gasteiger partial charge in [-0.15, -0.1) is 0 Å². The normalized spacial score (nSPS) is 18.2. The molecule has 154 valence electrons. The zero-order valence-corrected chi connectivity index (χ0v) is 17.2. The van der Waals surface area contributed by atoms with Crippen LogP contribution in [0.25, 0.3) is 0 Å². The van der Waals surface area contributed by atoms with E-state index in [1.54, 1.807) is 24.3 Å². The van der Waals surface area contributed by atoms with Crippen molar-refractivity contribution < 1.29 is 26.4 Å². The first-order valence-electron chi connectivity index (χ1n) is 8.80. The second-order valence-electron chi connectivity index (χ2n) is 6.81. The monoisotopic (exact) mass is 436 g/mol. The molecule has 1 fully saturated rings. The summed E-state index contributed by atoms with van der Waals surface area (Å²) in [5.74, 6) is -1.19. The van der Waals surface area contributed by atoms with E-state index >= 15 is 0 Å². The minimum atomic E-state index is -3.78. The van der Waals surface area contributed by atoms with Crippen LogP contribution in [0.2, 0.25) is 0 Å². The summed E-state index contributed by atoms with van der Waals surface area (Å²) in [6, 6.07) is 12.0. The summed E-state index contributed by atoms with van der Waals surface area (Å²) >= 11 is 0. The van der Waals surface area contributed by atoms with Crippen LogP contribution in [0, 0.1) is 0 Å². The summed E-state index contributed by atoms with van der Waals surface area (Å²) in [5.41, 5.74) is 1.24. The first kappa shape index (κ1) is 21.0. The molecule has 0 bridgehead atoms. The maximum absolute atomic E-state index is 12.6. The van der Waals surface area contributed by atoms with Crippen LogP contribution in [0.15, 0.2) is 53.4 Å². The summed E-state index contributed by atoms with van der Waals surface area (Å²) in [6.07, 6.45) is 0.0809. The van der Waals surface area contributed by atoms with Crippen molar-refractivity contribution in [3.8, 4) is 0 Å². The molecule has 1 heterocycles. The van der Waals surface area contributed by atoms with Crippen LogP contribution in [-0.2, 0) is 24.5 Å². The number of anilines is 2. The van der Waals surface area contributed by atoms with E-state index in [9.17, 15) is 26.4 Å². The molecule has 2 aromatic carbocycles. The van der Waals surface area contributed by atoms with Crippen molar-refractivity contribution >= 4 is 42.9 Å². The Morgan fingerprint density at radius 1 is 1.00 bits per heavy atom. The second kappa shape index (κ2) is 7.96. The molecule has 0 saturated carbocycles. The molecule has 1 aliphatic rings. The molecule has 1 unspecified atom stereocenters. The standard InChI is InChI=1S/C19H20N2O6S2/c1-13(22)20-15-3-2-4-16(11-15)21-19(23)14-5-7-17(8-6-14)29(26,27)18-9-10-28(24,25)12-18/h2-8,11,18H,9-10,12H2,1H3,(H,20,22)(H,21,23). The molecule has 10 heteroatoms. The van der Waals surface area contributed by atoms with E-state index in [4.69, 9.17) is 0 Å². The molecule has 0 radical (unpaired) electrons. The number of nitrogens with one attached hydrogen (secondary N) is 2. The maximum Gasteiger partial charge on any atom is 0.255 e. The summed E-state index contributed by atoms with van der Waals surface area (Å²) in [6.45, 7) is 1.38. The smallest absolute Gasteiger partial charge is 0.255 e. The fourth-order valence-electron chi connectivity index (χ4n) is 3.08. The van der Waals surface area contributed by atoms with Gasteiger partial charge in [-0.1, -0.05) is 6.07 Å². The first-order chi connectivity index (χ1) is 13.6. The molecular weight excluding hydrogens is 416 g/mol. The number of benzene rings is 2. The Hall–Kier alpha value is -2.72. The average Bonchev–Trinajstić information content (AvgIpc) is 3.02. The van der Waals surface area contributed by atoms with E-state index in [1.165, 1.54) is 31.2 Å². The van der Waals surface area contributed by atoms with Crippen molar-refractivity contribution in [1.29, 1.82) is 0 Å². The zero-order chi connectivity index (χ0) is 21.2. The third-order valence-electron chi connectivity index (χ3n) is 4.52. The highest BCUT2D eigenvalue weighted by Gasteiger charge is 2.37. The minimum absolute atomic E-state index is 0.0104. The number of hydrogen-bond acceptors (Lipinski definition) is 6. The van der Waals surface area contributed by atoms with Gasteiger partial charge < -0.3 is 10.6 Å². The van der Waals surface area contributed by atoms with Gasteiger partial charge in [0.2, 0.25) is 5.91 Å². The maximum atomic E-state index is 12.6. The molecule has 0 aromatic heterocycles. The van der Waals surface area contributed by atoms with Gasteiger partial charge in [0.1, 0.15) is 0 Å². The third kappa shape index (κ3) is 5.01. The van der Waals surface area contributed by atoms with Gasteiger partial charge >= 0.3 is 0 Å². The van der Waals surface area contributed by atoms with Crippen LogP contribution < -0.4 is 10.6 Å². The fourth-order valence-corrected chi connectivity index (χ4v) is 7.44. The van der Waals surface area contributed by atoms with Crippen molar-refractivity contribution in [2.75, 3.05) is 22.1 Å². The lowest BCUT2D eigenvalue weighted by molar-refractivity contribution is -0.114. The molecule has 3 rings (SSSR count). The molecule has 8 nitrogen and oxygen atoms in total. The predicted octanol–water partition coefficient (Wildman–Crippen LogP) is 1.86. The van der Waals surface area contributed by atoms with Gasteiger partial charge in [0.25, 0.3) is 5.91 Å². The van der Waals surface area contributed by atoms with Crippen LogP contribution in [-0.4, -0.2) is 45.4 Å². The molecule has 2 amide bonds. The Balaban J connectivity index is 1.73. The van der Waals surface area contributed by atoms with E-state index in [0.717, 1.165) is 0 Å². The molecule has 2 aromatic rings. The Kier molecular flexibility index (Phi) is 5.76. The Morgan fingerprint density at radius 2 is 1.62 bits per heavy atom. The topological polar surface area (TPSA) is 126 Å². The second-order valence-corrected chi connectivity index (χ2v) is 11.3. The summed E-state index contributed by atoms with van der Waals surface area (Å²) in [5, 5.41) is 4.34. The van der Waals surface area contributed by atoms with Gasteiger partial charge in [-0.05, 0) is 48.9 Å². The number of carbonyl (C=O) groups excluding carboxylic acids is 2. The van der Waals surface area contributed by atoms with Gasteiger partial charge in [-0.2, -0.15) is 0 Å². The quantitative estimate of drug-likeness (QED) is 0.737. The molecule has 0 spiro atoms. The highest BCUT2D eigenvalue weighted by Crippen LogP contribution is 2.26. The fraction of sp³-hybridized carbons (Fsp3) is 0.263. The molecule has 0 aliphatic carbocycles. The zero-order valence-electron chi connectivity index (χ0n) is 15.6. The number of hydrogen-bond donors (Lipinski definition) is 2. The van der Waals surface area contributed by atoms with Crippen LogP contribution in [0.3, 0.4) is 0 Å². The first-order valence-corrected chi connectivity index (χ1v) is 12.2. The van der Waals surface area contributed by atoms with E-state index in [2.05, 4.69) is 10.6 Å². The van der Waals surface area contributed by atoms with E-state index in [1.807, 2.05) is 0 Å². The van der Waals surface area contributed by atoms with Gasteiger partial charge in [0.15, 0.2) is 19.7 Å². The summed E-state index contributed by atoms with van der Waals surface area (Å²) in [4.78, 5) is 23.5. The summed E-state index contributed by atoms with van der Waals surface area (Å²) < 4.78 is 48.4. The van der Waals surface area contributed by atoms with E-state index in [-0.39, 0.29) is 34.3 Å². The van der Waals surface area contributed by atoms with Crippen LogP contribution in [0.5, 0.6) is 0 Å². The Morgan fingerprint density at radius 3 is 2.17 bits per heavy atom. The van der Waals surface area contributed by atoms with Crippen molar-refractivity contribution in [3.63, 3.8) is 0 Å². The summed E-state index contributed by atoms with van der Waals surface area (Å²) in [7, 11) is -7.10. The van der Waals surface area contributed by atoms with Gasteiger partial charge in [0, 0.05) is 23.9 Å². The largest absolute Gasteiger partial charge is 0.326 e. The van der Waals surface area contributed by atoms with Crippen LogP contribution in [0.1, 0.15) is 23.7 Å². The number of rotatable bonds is 5. The Labute approximate surface area is 169 Å². The van der Waals surface area contributed by atoms with Gasteiger partial charge in [0.05, 0.1) is 21.7 Å². The van der Waals surface area contributed by atoms with E-state index < -0.39 is 30.8 Å². The Bertz CT molecular complexity index is 1160. The molecular formula is C19H20N2O6S2. The SMILES string of the molecule is CC(=O)Nc1cccc(NC(=O)c2ccc(S(=O)(=O)C3CCS(=O)(=O)C3)cc2)c1. The van der Waals surface area contributed by atoms with Gasteiger partial charge in [-0.25, -0.2) is 16.8 Å². The van der Waals surface area contributed by atoms with E-state index in [0.29, 0.717) is 11.4 Å². The molecule has 1 saturated heterocycles. The average molecular weight is 437 g/mol.